The monoisotopic (exact) mass is 634 g/mol. The molecule has 2 aromatic rings. The predicted molar refractivity (Wildman–Crippen MR) is 163 cm³/mol. The number of carbonyl (C=O) groups excluding carboxylic acids is 2. The lowest BCUT2D eigenvalue weighted by Crippen LogP contribution is -2.47. The van der Waals surface area contributed by atoms with Gasteiger partial charge in [0.2, 0.25) is 11.8 Å². The summed E-state index contributed by atoms with van der Waals surface area (Å²) in [5.74, 6) is -1.48. The van der Waals surface area contributed by atoms with Crippen LogP contribution in [0, 0.1) is 17.8 Å². The van der Waals surface area contributed by atoms with Crippen molar-refractivity contribution in [1.82, 2.24) is 9.88 Å². The fourth-order valence-corrected chi connectivity index (χ4v) is 7.95. The zero-order valence-electron chi connectivity index (χ0n) is 23.5. The van der Waals surface area contributed by atoms with E-state index in [0.29, 0.717) is 24.8 Å². The summed E-state index contributed by atoms with van der Waals surface area (Å²) in [5.41, 5.74) is 3.88. The van der Waals surface area contributed by atoms with Crippen LogP contribution in [-0.2, 0) is 14.2 Å². The van der Waals surface area contributed by atoms with Gasteiger partial charge in [-0.05, 0) is 97.5 Å². The number of aromatic hydroxyl groups is 1. The summed E-state index contributed by atoms with van der Waals surface area (Å²) in [6, 6.07) is 10.8. The van der Waals surface area contributed by atoms with Gasteiger partial charge in [-0.1, -0.05) is 41.3 Å². The van der Waals surface area contributed by atoms with Crippen molar-refractivity contribution in [2.75, 3.05) is 6.61 Å². The molecule has 2 saturated heterocycles. The van der Waals surface area contributed by atoms with Gasteiger partial charge in [0.15, 0.2) is 0 Å². The van der Waals surface area contributed by atoms with Crippen molar-refractivity contribution >= 4 is 46.5 Å². The lowest BCUT2D eigenvalue weighted by molar-refractivity contribution is -0.143. The van der Waals surface area contributed by atoms with Crippen molar-refractivity contribution in [3.63, 3.8) is 0 Å². The molecule has 6 rings (SSSR count). The molecule has 8 nitrogen and oxygen atoms in total. The first-order valence-corrected chi connectivity index (χ1v) is 15.8. The van der Waals surface area contributed by atoms with Crippen LogP contribution in [0.25, 0.3) is 11.6 Å². The number of phenolic OH excluding ortho intramolecular Hbond substituents is 1. The van der Waals surface area contributed by atoms with Gasteiger partial charge < -0.3 is 19.9 Å². The Kier molecular flexibility index (Phi) is 8.68. The standard InChI is InChI=1S/C32H36BBrN2O6/c34-22-10-11-27(38)20(15-22)14-19(26-8-4-5-13-35-26)9-12-28-29-21(18-37)16-24-30(25(29)17-33(41)42-28)32(40)36(31(24)39)23-6-2-1-3-7-23/h4-5,8,10-11,13-15,23-25,28,30,37-38,41H,1-3,6-7,9,12,16-18H2/b19-14-/t24-,25+,28-,30-/m1/s1. The molecule has 1 saturated carbocycles. The maximum atomic E-state index is 13.9. The molecule has 1 aromatic heterocycles. The molecule has 3 N–H and O–H groups in total. The number of benzene rings is 1. The number of aliphatic hydroxyl groups excluding tert-OH is 1. The number of nitrogens with zero attached hydrogens (tertiary/aromatic N) is 2. The lowest BCUT2D eigenvalue weighted by Gasteiger charge is -2.43. The fourth-order valence-electron chi connectivity index (χ4n) is 7.58. The number of likely N-dealkylation sites (tertiary alicyclic amines) is 1. The van der Waals surface area contributed by atoms with Crippen LogP contribution in [0.5, 0.6) is 5.75 Å². The van der Waals surface area contributed by atoms with Crippen LogP contribution in [-0.4, -0.2) is 62.8 Å². The molecule has 0 radical (unpaired) electrons. The molecule has 42 heavy (non-hydrogen) atoms. The summed E-state index contributed by atoms with van der Waals surface area (Å²) in [6.45, 7) is -0.218. The number of rotatable bonds is 7. The van der Waals surface area contributed by atoms with Crippen molar-refractivity contribution in [2.24, 2.45) is 17.8 Å². The van der Waals surface area contributed by atoms with Crippen molar-refractivity contribution in [3.05, 3.63) is 69.5 Å². The number of hydrogen-bond donors (Lipinski definition) is 3. The second-order valence-corrected chi connectivity index (χ2v) is 12.9. The van der Waals surface area contributed by atoms with Gasteiger partial charge in [0.1, 0.15) is 5.75 Å². The van der Waals surface area contributed by atoms with Gasteiger partial charge in [-0.2, -0.15) is 0 Å². The lowest BCUT2D eigenvalue weighted by atomic mass is 9.58. The van der Waals surface area contributed by atoms with Gasteiger partial charge in [-0.15, -0.1) is 0 Å². The quantitative estimate of drug-likeness (QED) is 0.223. The molecule has 4 aliphatic rings. The average Bonchev–Trinajstić information content (AvgIpc) is 3.26. The first kappa shape index (κ1) is 29.3. The molecule has 0 unspecified atom stereocenters. The molecule has 2 amide bonds. The Morgan fingerprint density at radius 1 is 1.12 bits per heavy atom. The Labute approximate surface area is 254 Å². The van der Waals surface area contributed by atoms with Gasteiger partial charge in [-0.25, -0.2) is 0 Å². The Morgan fingerprint density at radius 3 is 2.67 bits per heavy atom. The number of aromatic nitrogens is 1. The highest BCUT2D eigenvalue weighted by molar-refractivity contribution is 9.10. The van der Waals surface area contributed by atoms with Crippen LogP contribution in [0.15, 0.2) is 58.2 Å². The molecule has 0 spiro atoms. The number of aliphatic hydroxyl groups is 1. The molecule has 10 heteroatoms. The summed E-state index contributed by atoms with van der Waals surface area (Å²) in [4.78, 5) is 33.6. The van der Waals surface area contributed by atoms with Crippen molar-refractivity contribution < 1.29 is 29.5 Å². The Bertz CT molecular complexity index is 1410. The first-order valence-electron chi connectivity index (χ1n) is 15.0. The number of allylic oxidation sites excluding steroid dienone is 1. The molecule has 4 atom stereocenters. The number of carbonyl (C=O) groups is 2. The fraction of sp³-hybridized carbons (Fsp3) is 0.469. The van der Waals surface area contributed by atoms with E-state index in [0.717, 1.165) is 59.0 Å². The highest BCUT2D eigenvalue weighted by atomic mass is 79.9. The summed E-state index contributed by atoms with van der Waals surface area (Å²) in [7, 11) is -1.08. The second kappa shape index (κ2) is 12.4. The van der Waals surface area contributed by atoms with E-state index in [1.54, 1.807) is 18.3 Å². The number of phenols is 1. The predicted octanol–water partition coefficient (Wildman–Crippen LogP) is 4.99. The van der Waals surface area contributed by atoms with E-state index in [1.807, 2.05) is 30.3 Å². The van der Waals surface area contributed by atoms with Gasteiger partial charge in [0, 0.05) is 22.3 Å². The number of pyridine rings is 1. The van der Waals surface area contributed by atoms with E-state index < -0.39 is 25.1 Å². The van der Waals surface area contributed by atoms with Crippen LogP contribution in [0.4, 0.5) is 0 Å². The number of imide groups is 1. The molecule has 3 fully saturated rings. The van der Waals surface area contributed by atoms with Crippen molar-refractivity contribution in [3.8, 4) is 5.75 Å². The third-order valence-corrected chi connectivity index (χ3v) is 9.96. The maximum Gasteiger partial charge on any atom is 0.455 e. The van der Waals surface area contributed by atoms with Gasteiger partial charge >= 0.3 is 7.12 Å². The van der Waals surface area contributed by atoms with Crippen LogP contribution < -0.4 is 0 Å². The van der Waals surface area contributed by atoms with Crippen molar-refractivity contribution in [2.45, 2.75) is 69.8 Å². The summed E-state index contributed by atoms with van der Waals surface area (Å²) >= 11 is 3.48. The van der Waals surface area contributed by atoms with Crippen LogP contribution in [0.2, 0.25) is 6.32 Å². The number of fused-ring (bicyclic) bond motifs is 3. The zero-order valence-corrected chi connectivity index (χ0v) is 25.1. The normalized spacial score (nSPS) is 27.0. The zero-order chi connectivity index (χ0) is 29.4. The molecular formula is C32H36BBrN2O6. The Morgan fingerprint density at radius 2 is 1.93 bits per heavy atom. The maximum absolute atomic E-state index is 13.9. The molecular weight excluding hydrogens is 599 g/mol. The van der Waals surface area contributed by atoms with Gasteiger partial charge in [0.25, 0.3) is 0 Å². The highest BCUT2D eigenvalue weighted by Gasteiger charge is 2.58. The van der Waals surface area contributed by atoms with Crippen LogP contribution in [0.1, 0.15) is 62.6 Å². The minimum atomic E-state index is -1.08. The Hall–Kier alpha value is -2.79. The van der Waals surface area contributed by atoms with E-state index >= 15 is 0 Å². The summed E-state index contributed by atoms with van der Waals surface area (Å²) in [6.07, 6.45) is 9.48. The minimum Gasteiger partial charge on any atom is -0.507 e. The van der Waals surface area contributed by atoms with E-state index in [1.165, 1.54) is 4.90 Å². The number of hydrogen-bond acceptors (Lipinski definition) is 7. The SMILES string of the molecule is O=C1[C@@H]2[C@@H](CC(CO)=C3[C@@H](CC/C(=C/c4cc(Br)ccc4O)c4ccccn4)OB(O)C[C@@H]32)C(=O)N1C1CCCCC1. The number of halogens is 1. The van der Waals surface area contributed by atoms with Crippen LogP contribution in [0.3, 0.4) is 0 Å². The third kappa shape index (κ3) is 5.62. The number of amides is 2. The van der Waals surface area contributed by atoms with Crippen molar-refractivity contribution in [1.29, 1.82) is 0 Å². The molecule has 3 heterocycles. The third-order valence-electron chi connectivity index (χ3n) is 9.46. The molecule has 2 aliphatic carbocycles. The smallest absolute Gasteiger partial charge is 0.455 e. The molecule has 0 bridgehead atoms. The van der Waals surface area contributed by atoms with E-state index in [2.05, 4.69) is 20.9 Å². The summed E-state index contributed by atoms with van der Waals surface area (Å²) < 4.78 is 6.93. The largest absolute Gasteiger partial charge is 0.507 e. The highest BCUT2D eigenvalue weighted by Crippen LogP contribution is 2.51. The summed E-state index contributed by atoms with van der Waals surface area (Å²) in [5, 5.41) is 31.8. The van der Waals surface area contributed by atoms with Gasteiger partial charge in [-0.3, -0.25) is 19.5 Å². The first-order chi connectivity index (χ1) is 20.4. The van der Waals surface area contributed by atoms with E-state index in [4.69, 9.17) is 4.65 Å². The topological polar surface area (TPSA) is 120 Å². The second-order valence-electron chi connectivity index (χ2n) is 11.9. The average molecular weight is 635 g/mol. The minimum absolute atomic E-state index is 0.0496. The molecule has 1 aromatic carbocycles. The van der Waals surface area contributed by atoms with E-state index in [9.17, 15) is 24.8 Å². The van der Waals surface area contributed by atoms with Gasteiger partial charge in [0.05, 0.1) is 30.2 Å². The molecule has 2 aliphatic heterocycles. The van der Waals surface area contributed by atoms with Crippen LogP contribution >= 0.6 is 15.9 Å². The molecule has 220 valence electrons. The Balaban J connectivity index is 1.30. The van der Waals surface area contributed by atoms with E-state index in [-0.39, 0.29) is 42.5 Å².